The fraction of sp³-hybridized carbons (Fsp3) is 0.625. The Morgan fingerprint density at radius 2 is 2.10 bits per heavy atom. The van der Waals surface area contributed by atoms with Crippen LogP contribution in [0, 0.1) is 0 Å². The van der Waals surface area contributed by atoms with Gasteiger partial charge in [-0.05, 0) is 29.7 Å². The van der Waals surface area contributed by atoms with E-state index in [4.69, 9.17) is 22.1 Å². The van der Waals surface area contributed by atoms with Gasteiger partial charge in [0.2, 0.25) is 0 Å². The van der Waals surface area contributed by atoms with E-state index in [0.29, 0.717) is 6.04 Å². The molecule has 114 valence electrons. The number of hydrogen-bond donors (Lipinski definition) is 1. The van der Waals surface area contributed by atoms with Gasteiger partial charge in [-0.1, -0.05) is 11.6 Å². The number of nitrogens with two attached hydrogens (primary N) is 1. The fourth-order valence-electron chi connectivity index (χ4n) is 3.95. The van der Waals surface area contributed by atoms with Crippen LogP contribution in [0.25, 0.3) is 0 Å². The van der Waals surface area contributed by atoms with E-state index < -0.39 is 0 Å². The minimum absolute atomic E-state index is 0.139. The lowest BCUT2D eigenvalue weighted by Crippen LogP contribution is -2.66. The molecule has 21 heavy (non-hydrogen) atoms. The SMILES string of the molecule is NC(Cc1cc(Cl)cc2c1OCC2)C1CN2CCN1CC2. The Kier molecular flexibility index (Phi) is 3.58. The highest BCUT2D eigenvalue weighted by Gasteiger charge is 2.35. The number of ether oxygens (including phenoxy) is 1. The van der Waals surface area contributed by atoms with Crippen molar-refractivity contribution in [3.8, 4) is 5.75 Å². The molecule has 0 aromatic heterocycles. The van der Waals surface area contributed by atoms with Crippen molar-refractivity contribution in [3.63, 3.8) is 0 Å². The molecular weight excluding hydrogens is 286 g/mol. The third-order valence-corrected chi connectivity index (χ3v) is 5.31. The smallest absolute Gasteiger partial charge is 0.125 e. The minimum atomic E-state index is 0.139. The van der Waals surface area contributed by atoms with Crippen LogP contribution in [-0.2, 0) is 12.8 Å². The predicted octanol–water partition coefficient (Wildman–Crippen LogP) is 1.14. The van der Waals surface area contributed by atoms with Gasteiger partial charge in [-0.2, -0.15) is 0 Å². The molecule has 2 bridgehead atoms. The Labute approximate surface area is 130 Å². The third-order valence-electron chi connectivity index (χ3n) is 5.10. The number of fused-ring (bicyclic) bond motifs is 4. The van der Waals surface area contributed by atoms with E-state index in [1.54, 1.807) is 0 Å². The fourth-order valence-corrected chi connectivity index (χ4v) is 4.21. The Morgan fingerprint density at radius 1 is 1.29 bits per heavy atom. The van der Waals surface area contributed by atoms with Crippen molar-refractivity contribution in [3.05, 3.63) is 28.3 Å². The average Bonchev–Trinajstić information content (AvgIpc) is 2.96. The zero-order chi connectivity index (χ0) is 14.4. The largest absolute Gasteiger partial charge is 0.493 e. The molecule has 4 nitrogen and oxygen atoms in total. The molecule has 2 atom stereocenters. The van der Waals surface area contributed by atoms with Gasteiger partial charge in [0.05, 0.1) is 6.61 Å². The van der Waals surface area contributed by atoms with Crippen LogP contribution >= 0.6 is 11.6 Å². The summed E-state index contributed by atoms with van der Waals surface area (Å²) in [7, 11) is 0. The number of piperazine rings is 3. The van der Waals surface area contributed by atoms with Crippen LogP contribution in [0.2, 0.25) is 5.02 Å². The van der Waals surface area contributed by atoms with Crippen LogP contribution in [0.15, 0.2) is 12.1 Å². The van der Waals surface area contributed by atoms with Crippen LogP contribution in [0.4, 0.5) is 0 Å². The summed E-state index contributed by atoms with van der Waals surface area (Å²) in [6.07, 6.45) is 1.80. The van der Waals surface area contributed by atoms with Gasteiger partial charge in [-0.3, -0.25) is 9.80 Å². The molecule has 0 radical (unpaired) electrons. The quantitative estimate of drug-likeness (QED) is 0.909. The van der Waals surface area contributed by atoms with Crippen molar-refractivity contribution in [2.45, 2.75) is 24.9 Å². The predicted molar refractivity (Wildman–Crippen MR) is 84.1 cm³/mol. The van der Waals surface area contributed by atoms with Gasteiger partial charge in [0, 0.05) is 56.3 Å². The summed E-state index contributed by atoms with van der Waals surface area (Å²) in [5.74, 6) is 1.03. The van der Waals surface area contributed by atoms with E-state index in [0.717, 1.165) is 49.9 Å². The maximum Gasteiger partial charge on any atom is 0.125 e. The van der Waals surface area contributed by atoms with Crippen LogP contribution in [0.3, 0.4) is 0 Å². The van der Waals surface area contributed by atoms with E-state index in [1.165, 1.54) is 24.2 Å². The molecule has 0 aliphatic carbocycles. The second kappa shape index (κ2) is 5.43. The summed E-state index contributed by atoms with van der Waals surface area (Å²) in [5, 5.41) is 0.802. The third kappa shape index (κ3) is 2.55. The monoisotopic (exact) mass is 307 g/mol. The van der Waals surface area contributed by atoms with Gasteiger partial charge in [0.1, 0.15) is 5.75 Å². The average molecular weight is 308 g/mol. The summed E-state index contributed by atoms with van der Waals surface area (Å²) >= 11 is 6.25. The highest BCUT2D eigenvalue weighted by Crippen LogP contribution is 2.34. The van der Waals surface area contributed by atoms with Gasteiger partial charge >= 0.3 is 0 Å². The van der Waals surface area contributed by atoms with Crippen LogP contribution in [-0.4, -0.2) is 61.2 Å². The van der Waals surface area contributed by atoms with E-state index in [9.17, 15) is 0 Å². The first-order chi connectivity index (χ1) is 10.2. The van der Waals surface area contributed by atoms with Gasteiger partial charge in [-0.25, -0.2) is 0 Å². The first-order valence-corrected chi connectivity index (χ1v) is 8.24. The van der Waals surface area contributed by atoms with Gasteiger partial charge in [0.15, 0.2) is 0 Å². The Balaban J connectivity index is 1.53. The number of rotatable bonds is 3. The Morgan fingerprint density at radius 3 is 2.81 bits per heavy atom. The van der Waals surface area contributed by atoms with Gasteiger partial charge < -0.3 is 10.5 Å². The maximum absolute atomic E-state index is 6.54. The molecule has 1 aromatic rings. The minimum Gasteiger partial charge on any atom is -0.493 e. The summed E-state index contributed by atoms with van der Waals surface area (Å²) in [6, 6.07) is 4.65. The lowest BCUT2D eigenvalue weighted by Gasteiger charge is -2.49. The normalized spacial score (nSPS) is 31.8. The van der Waals surface area contributed by atoms with Gasteiger partial charge in [0.25, 0.3) is 0 Å². The molecule has 3 fully saturated rings. The molecular formula is C16H22ClN3O. The molecule has 5 heteroatoms. The van der Waals surface area contributed by atoms with Crippen LogP contribution in [0.1, 0.15) is 11.1 Å². The van der Waals surface area contributed by atoms with Crippen LogP contribution < -0.4 is 10.5 Å². The molecule has 2 N–H and O–H groups in total. The number of benzene rings is 1. The van der Waals surface area contributed by atoms with Crippen molar-refractivity contribution in [1.82, 2.24) is 9.80 Å². The molecule has 2 unspecified atom stereocenters. The van der Waals surface area contributed by atoms with Crippen molar-refractivity contribution >= 4 is 11.6 Å². The highest BCUT2D eigenvalue weighted by atomic mass is 35.5. The summed E-state index contributed by atoms with van der Waals surface area (Å²) < 4.78 is 5.80. The molecule has 0 amide bonds. The zero-order valence-corrected chi connectivity index (χ0v) is 13.0. The molecule has 4 heterocycles. The Hall–Kier alpha value is -0.810. The van der Waals surface area contributed by atoms with Gasteiger partial charge in [-0.15, -0.1) is 0 Å². The van der Waals surface area contributed by atoms with E-state index >= 15 is 0 Å². The van der Waals surface area contributed by atoms with Crippen LogP contribution in [0.5, 0.6) is 5.75 Å². The standard InChI is InChI=1S/C16H22ClN3O/c17-13-7-11-1-6-21-16(11)12(8-13)9-14(18)15-10-19-2-4-20(15)5-3-19/h7-8,14-15H,1-6,9-10,18H2. The molecule has 4 aliphatic rings. The Bertz CT molecular complexity index is 543. The summed E-state index contributed by atoms with van der Waals surface area (Å²) in [5.41, 5.74) is 8.96. The highest BCUT2D eigenvalue weighted by molar-refractivity contribution is 6.30. The number of nitrogens with zero attached hydrogens (tertiary/aromatic N) is 2. The lowest BCUT2D eigenvalue weighted by molar-refractivity contribution is 0.00253. The van der Waals surface area contributed by atoms with E-state index in [2.05, 4.69) is 9.80 Å². The maximum atomic E-state index is 6.54. The van der Waals surface area contributed by atoms with Crippen molar-refractivity contribution < 1.29 is 4.74 Å². The van der Waals surface area contributed by atoms with Crippen molar-refractivity contribution in [2.24, 2.45) is 5.73 Å². The second-order valence-corrected chi connectivity index (χ2v) is 6.86. The first-order valence-electron chi connectivity index (χ1n) is 7.87. The molecule has 1 aromatic carbocycles. The van der Waals surface area contributed by atoms with Crippen molar-refractivity contribution in [2.75, 3.05) is 39.3 Å². The molecule has 0 spiro atoms. The van der Waals surface area contributed by atoms with E-state index in [-0.39, 0.29) is 6.04 Å². The molecule has 4 aliphatic heterocycles. The summed E-state index contributed by atoms with van der Waals surface area (Å²) in [6.45, 7) is 6.56. The molecule has 5 rings (SSSR count). The number of halogens is 1. The lowest BCUT2D eigenvalue weighted by atomic mass is 9.94. The first kappa shape index (κ1) is 13.8. The van der Waals surface area contributed by atoms with E-state index in [1.807, 2.05) is 12.1 Å². The van der Waals surface area contributed by atoms with Crippen molar-refractivity contribution in [1.29, 1.82) is 0 Å². The topological polar surface area (TPSA) is 41.7 Å². The zero-order valence-electron chi connectivity index (χ0n) is 12.2. The molecule has 3 saturated heterocycles. The second-order valence-electron chi connectivity index (χ2n) is 6.42. The molecule has 0 saturated carbocycles. The number of hydrogen-bond acceptors (Lipinski definition) is 4. The summed E-state index contributed by atoms with van der Waals surface area (Å²) in [4.78, 5) is 5.08.